The fourth-order valence-electron chi connectivity index (χ4n) is 2.67. The zero-order valence-corrected chi connectivity index (χ0v) is 17.0. The molecule has 0 saturated carbocycles. The predicted octanol–water partition coefficient (Wildman–Crippen LogP) is 3.55. The summed E-state index contributed by atoms with van der Waals surface area (Å²) in [4.78, 5) is 4.38. The van der Waals surface area contributed by atoms with Gasteiger partial charge >= 0.3 is 0 Å². The minimum absolute atomic E-state index is 0. The molecule has 0 spiro atoms. The first kappa shape index (κ1) is 19.7. The van der Waals surface area contributed by atoms with Gasteiger partial charge in [0.05, 0.1) is 13.2 Å². The van der Waals surface area contributed by atoms with Crippen LogP contribution in [0.15, 0.2) is 47.5 Å². The molecule has 2 aromatic carbocycles. The zero-order valence-electron chi connectivity index (χ0n) is 13.9. The Bertz CT molecular complexity index is 738. The smallest absolute Gasteiger partial charge is 0.189 e. The Hall–Kier alpha value is -1.67. The summed E-state index contributed by atoms with van der Waals surface area (Å²) in [6.07, 6.45) is 0.810. The van der Waals surface area contributed by atoms with Crippen molar-refractivity contribution in [1.82, 2.24) is 5.32 Å². The molecule has 1 unspecified atom stereocenters. The van der Waals surface area contributed by atoms with Crippen molar-refractivity contribution < 1.29 is 9.47 Å². The standard InChI is InChI=1S/C18H20ClN3O2.HI/c1-23-13-7-5-12(6-8-13)9-10-21-18(20)22-15-11-24-16-4-2-3-14(19)17(15)16;/h2-8,15H,9-11H2,1H3,(H3,20,21,22);1H. The molecule has 3 rings (SSSR count). The Kier molecular flexibility index (Phi) is 7.19. The van der Waals surface area contributed by atoms with E-state index in [1.54, 1.807) is 7.11 Å². The average molecular weight is 474 g/mol. The summed E-state index contributed by atoms with van der Waals surface area (Å²) < 4.78 is 10.8. The van der Waals surface area contributed by atoms with Crippen LogP contribution < -0.4 is 20.5 Å². The Morgan fingerprint density at radius 2 is 2.08 bits per heavy atom. The zero-order chi connectivity index (χ0) is 16.9. The molecule has 7 heteroatoms. The largest absolute Gasteiger partial charge is 0.497 e. The third-order valence-electron chi connectivity index (χ3n) is 3.93. The highest BCUT2D eigenvalue weighted by Gasteiger charge is 2.26. The maximum Gasteiger partial charge on any atom is 0.189 e. The second-order valence-electron chi connectivity index (χ2n) is 5.52. The van der Waals surface area contributed by atoms with Crippen molar-refractivity contribution in [2.24, 2.45) is 10.7 Å². The SMILES string of the molecule is COc1ccc(CCN=C(N)NC2COc3cccc(Cl)c32)cc1.I. The fraction of sp³-hybridized carbons (Fsp3) is 0.278. The lowest BCUT2D eigenvalue weighted by Gasteiger charge is -2.13. The molecule has 0 bridgehead atoms. The minimum atomic E-state index is -0.0709. The Morgan fingerprint density at radius 3 is 2.80 bits per heavy atom. The van der Waals surface area contributed by atoms with E-state index >= 15 is 0 Å². The third kappa shape index (κ3) is 4.92. The van der Waals surface area contributed by atoms with Crippen LogP contribution >= 0.6 is 35.6 Å². The van der Waals surface area contributed by atoms with Crippen molar-refractivity contribution >= 4 is 41.5 Å². The number of hydrogen-bond acceptors (Lipinski definition) is 3. The van der Waals surface area contributed by atoms with E-state index in [0.717, 1.165) is 23.5 Å². The van der Waals surface area contributed by atoms with Crippen molar-refractivity contribution in [3.05, 3.63) is 58.6 Å². The number of rotatable bonds is 5. The molecule has 1 aliphatic heterocycles. The van der Waals surface area contributed by atoms with Crippen LogP contribution in [0.5, 0.6) is 11.5 Å². The van der Waals surface area contributed by atoms with E-state index in [1.807, 2.05) is 42.5 Å². The van der Waals surface area contributed by atoms with Gasteiger partial charge in [-0.25, -0.2) is 0 Å². The predicted molar refractivity (Wildman–Crippen MR) is 111 cm³/mol. The van der Waals surface area contributed by atoms with Crippen LogP contribution in [-0.4, -0.2) is 26.2 Å². The third-order valence-corrected chi connectivity index (χ3v) is 4.26. The van der Waals surface area contributed by atoms with Gasteiger partial charge in [0.25, 0.3) is 0 Å². The Labute approximate surface area is 169 Å². The van der Waals surface area contributed by atoms with Crippen LogP contribution in [0.3, 0.4) is 0 Å². The summed E-state index contributed by atoms with van der Waals surface area (Å²) >= 11 is 6.25. The average Bonchev–Trinajstić information content (AvgIpc) is 3.00. The van der Waals surface area contributed by atoms with Gasteiger partial charge in [0.15, 0.2) is 5.96 Å². The molecule has 134 valence electrons. The second kappa shape index (κ2) is 9.15. The van der Waals surface area contributed by atoms with Gasteiger partial charge in [-0.15, -0.1) is 24.0 Å². The highest BCUT2D eigenvalue weighted by atomic mass is 127. The van der Waals surface area contributed by atoms with Crippen LogP contribution in [0, 0.1) is 0 Å². The molecule has 25 heavy (non-hydrogen) atoms. The van der Waals surface area contributed by atoms with Crippen molar-refractivity contribution in [1.29, 1.82) is 0 Å². The van der Waals surface area contributed by atoms with Crippen LogP contribution in [0.25, 0.3) is 0 Å². The fourth-order valence-corrected chi connectivity index (χ4v) is 2.97. The molecule has 5 nitrogen and oxygen atoms in total. The molecule has 0 saturated heterocycles. The second-order valence-corrected chi connectivity index (χ2v) is 5.93. The molecule has 0 aliphatic carbocycles. The van der Waals surface area contributed by atoms with Crippen LogP contribution in [0.1, 0.15) is 17.2 Å². The first-order valence-electron chi connectivity index (χ1n) is 7.78. The van der Waals surface area contributed by atoms with Crippen molar-refractivity contribution in [2.45, 2.75) is 12.5 Å². The molecule has 2 aromatic rings. The minimum Gasteiger partial charge on any atom is -0.497 e. The van der Waals surface area contributed by atoms with Gasteiger partial charge in [-0.1, -0.05) is 29.8 Å². The summed E-state index contributed by atoms with van der Waals surface area (Å²) in [5.41, 5.74) is 8.11. The van der Waals surface area contributed by atoms with E-state index in [1.165, 1.54) is 5.56 Å². The summed E-state index contributed by atoms with van der Waals surface area (Å²) in [6.45, 7) is 1.10. The number of ether oxygens (including phenoxy) is 2. The highest BCUT2D eigenvalue weighted by Crippen LogP contribution is 2.37. The van der Waals surface area contributed by atoms with Crippen molar-refractivity contribution in [2.75, 3.05) is 20.3 Å². The highest BCUT2D eigenvalue weighted by molar-refractivity contribution is 14.0. The first-order chi connectivity index (χ1) is 11.7. The number of fused-ring (bicyclic) bond motifs is 1. The van der Waals surface area contributed by atoms with E-state index < -0.39 is 0 Å². The van der Waals surface area contributed by atoms with Crippen LogP contribution in [-0.2, 0) is 6.42 Å². The monoisotopic (exact) mass is 473 g/mol. The molecular weight excluding hydrogens is 453 g/mol. The number of methoxy groups -OCH3 is 1. The lowest BCUT2D eigenvalue weighted by atomic mass is 10.1. The summed E-state index contributed by atoms with van der Waals surface area (Å²) in [6, 6.07) is 13.5. The number of benzene rings is 2. The molecule has 0 fully saturated rings. The number of aliphatic imine (C=N–C) groups is 1. The lowest BCUT2D eigenvalue weighted by Crippen LogP contribution is -2.36. The normalized spacial score (nSPS) is 15.8. The summed E-state index contributed by atoms with van der Waals surface area (Å²) in [5, 5.41) is 3.85. The first-order valence-corrected chi connectivity index (χ1v) is 8.16. The molecular formula is C18H21ClIN3O2. The molecule has 0 aromatic heterocycles. The number of nitrogens with one attached hydrogen (secondary N) is 1. The molecule has 1 atom stereocenters. The van der Waals surface area contributed by atoms with Gasteiger partial charge in [0, 0.05) is 17.1 Å². The number of nitrogens with zero attached hydrogens (tertiary/aromatic N) is 1. The van der Waals surface area contributed by atoms with Gasteiger partial charge < -0.3 is 20.5 Å². The molecule has 0 amide bonds. The Morgan fingerprint density at radius 1 is 1.32 bits per heavy atom. The van der Waals surface area contributed by atoms with Crippen molar-refractivity contribution in [3.8, 4) is 11.5 Å². The molecule has 0 radical (unpaired) electrons. The van der Waals surface area contributed by atoms with E-state index in [9.17, 15) is 0 Å². The van der Waals surface area contributed by atoms with Gasteiger partial charge in [-0.05, 0) is 36.2 Å². The molecule has 1 heterocycles. The number of halogens is 2. The van der Waals surface area contributed by atoms with Gasteiger partial charge in [-0.3, -0.25) is 4.99 Å². The Balaban J connectivity index is 0.00000225. The van der Waals surface area contributed by atoms with Gasteiger partial charge in [-0.2, -0.15) is 0 Å². The topological polar surface area (TPSA) is 68.9 Å². The maximum absolute atomic E-state index is 6.25. The van der Waals surface area contributed by atoms with Gasteiger partial charge in [0.2, 0.25) is 0 Å². The van der Waals surface area contributed by atoms with Crippen LogP contribution in [0.4, 0.5) is 0 Å². The number of nitrogens with two attached hydrogens (primary N) is 1. The maximum atomic E-state index is 6.25. The number of hydrogen-bond donors (Lipinski definition) is 2. The van der Waals surface area contributed by atoms with E-state index in [-0.39, 0.29) is 30.0 Å². The van der Waals surface area contributed by atoms with E-state index in [4.69, 9.17) is 26.8 Å². The van der Waals surface area contributed by atoms with Gasteiger partial charge in [0.1, 0.15) is 18.1 Å². The van der Waals surface area contributed by atoms with Crippen molar-refractivity contribution in [3.63, 3.8) is 0 Å². The van der Waals surface area contributed by atoms with E-state index in [0.29, 0.717) is 24.1 Å². The summed E-state index contributed by atoms with van der Waals surface area (Å²) in [5.74, 6) is 2.04. The van der Waals surface area contributed by atoms with E-state index in [2.05, 4.69) is 10.3 Å². The quantitative estimate of drug-likeness (QED) is 0.396. The molecule has 3 N–H and O–H groups in total. The van der Waals surface area contributed by atoms with Crippen LogP contribution in [0.2, 0.25) is 5.02 Å². The summed E-state index contributed by atoms with van der Waals surface area (Å²) in [7, 11) is 1.66. The number of guanidine groups is 1. The molecule has 1 aliphatic rings. The lowest BCUT2D eigenvalue weighted by molar-refractivity contribution is 0.324.